The Labute approximate surface area is 605 Å². The molecule has 21 aliphatic heterocycles. The van der Waals surface area contributed by atoms with Crippen molar-refractivity contribution in [3.05, 3.63) is 0 Å². The fourth-order valence-corrected chi connectivity index (χ4v) is 14.4. The molecule has 0 spiro atoms. The number of nitrogens with one attached hydrogen (secondary N) is 3. The molecule has 21 heterocycles. The van der Waals surface area contributed by atoms with Crippen LogP contribution in [-0.4, -0.2) is 393 Å². The highest BCUT2D eigenvalue weighted by molar-refractivity contribution is 5.92. The number of aliphatic hydroxyl groups excluding tert-OH is 20. The lowest BCUT2D eigenvalue weighted by Gasteiger charge is -2.50. The van der Waals surface area contributed by atoms with E-state index in [0.29, 0.717) is 6.54 Å². The standard InChI is InChI=1S/C65H113N3O37/c1-5-6-7-8-9-10-11-12-13-14-17-66-64(91)65(4,18-26(2)3)68-35(76)16-15-34(75)67-19-27-50-36(77)43(84)57(92-27)100-51-28(20-69)94-59(45(86)38(51)79)102-53-30(22-71)96-61(47(88)40(53)81)104-55-32(24-73)98-63(49(90)42(55)83)105-56-33(25-74)97-62(48(89)41(56)82)103-54-31(23-72)95-60(46(87)39(54)80)101-52-29(21-70)93-58(99-50)44(85)37(52)78/h26-33,36-63,69-74,77-90H,5-25H2,1-4H3,(H,66,91)(H,67,75)(H,68,76)/t27-,28-,29-,30-,31-,32-,33-,36-,37-,38-,39-,40-,41-,42-,43-,44-,45-,46-,47-,48-,49-,50-,51-,52-,53-,54-,55-,56-,57-,58-,59-,60-,61-,62-,63-,65-/m1/s1. The van der Waals surface area contributed by atoms with Crippen LogP contribution in [-0.2, 0) is 80.7 Å². The SMILES string of the molecule is CCCCCCCCCCCCNC(=O)[C@@](C)(CC(C)C)NC(=O)CCC(=O)NC[C@H]1O[C@@H]2O[C@H]3[C@H](O)[C@@H](O)[C@@H](O[C@H]4[C@H](O)[C@@H](O)[C@@H](O[C@H]5[C@H](O)[C@@H](O)[C@@H](O[C@H]6[C@H](O)[C@@H](O)[C@@H](O[C@H]7[C@H](O)[C@@H](O)[C@@H](O[C@H]8[C@H](O)[C@@H](O)[C@@H](O[C@H]1[C@H](O)[C@H]2O)O[C@@H]8CO)O[C@@H]7CO)O[C@@H]6CO)O[C@@H]5CO)O[C@@H]4CO)O[C@@H]3CO. The zero-order valence-corrected chi connectivity index (χ0v) is 59.0. The Hall–Kier alpha value is -2.95. The van der Waals surface area contributed by atoms with Crippen molar-refractivity contribution in [1.82, 2.24) is 16.0 Å². The van der Waals surface area contributed by atoms with Crippen molar-refractivity contribution < 1.29 is 183 Å². The number of unbranched alkanes of at least 4 members (excludes halogenated alkanes) is 9. The van der Waals surface area contributed by atoms with Crippen LogP contribution in [0.25, 0.3) is 0 Å². The second-order valence-electron chi connectivity index (χ2n) is 28.7. The zero-order chi connectivity index (χ0) is 76.9. The van der Waals surface area contributed by atoms with Crippen LogP contribution in [0.2, 0.25) is 0 Å². The van der Waals surface area contributed by atoms with Gasteiger partial charge in [-0.1, -0.05) is 78.6 Å². The normalized spacial score (nSPS) is 44.3. The second-order valence-corrected chi connectivity index (χ2v) is 28.7. The number of hydrogen-bond donors (Lipinski definition) is 23. The van der Waals surface area contributed by atoms with Gasteiger partial charge in [-0.05, 0) is 25.7 Å². The van der Waals surface area contributed by atoms with E-state index in [1.165, 1.54) is 32.1 Å². The van der Waals surface area contributed by atoms with Gasteiger partial charge >= 0.3 is 0 Å². The van der Waals surface area contributed by atoms with Gasteiger partial charge < -0.3 is 184 Å². The molecular weight excluding hydrogens is 1410 g/mol. The maximum atomic E-state index is 13.8. The number of hydrogen-bond acceptors (Lipinski definition) is 37. The summed E-state index contributed by atoms with van der Waals surface area (Å²) in [5.41, 5.74) is -1.39. The van der Waals surface area contributed by atoms with Crippen LogP contribution in [0, 0.1) is 5.92 Å². The maximum Gasteiger partial charge on any atom is 0.245 e. The second kappa shape index (κ2) is 40.5. The largest absolute Gasteiger partial charge is 0.394 e. The Balaban J connectivity index is 1.03. The van der Waals surface area contributed by atoms with Crippen LogP contribution in [0.4, 0.5) is 0 Å². The first kappa shape index (κ1) is 87.6. The molecule has 14 bridgehead atoms. The van der Waals surface area contributed by atoms with E-state index < -0.39 is 297 Å². The lowest BCUT2D eigenvalue weighted by molar-refractivity contribution is -0.396. The third-order valence-electron chi connectivity index (χ3n) is 20.2. The lowest BCUT2D eigenvalue weighted by Crippen LogP contribution is -2.68. The molecule has 40 nitrogen and oxygen atoms in total. The van der Waals surface area contributed by atoms with Crippen molar-refractivity contribution in [3.8, 4) is 0 Å². The van der Waals surface area contributed by atoms with Gasteiger partial charge in [-0.15, -0.1) is 0 Å². The summed E-state index contributed by atoms with van der Waals surface area (Å²) in [6, 6.07) is 0. The van der Waals surface area contributed by atoms with Crippen LogP contribution in [0.5, 0.6) is 0 Å². The molecule has 0 aromatic heterocycles. The molecule has 0 radical (unpaired) electrons. The van der Waals surface area contributed by atoms with Gasteiger partial charge in [-0.2, -0.15) is 0 Å². The predicted molar refractivity (Wildman–Crippen MR) is 344 cm³/mol. The Morgan fingerprint density at radius 1 is 0.324 bits per heavy atom. The molecule has 0 saturated carbocycles. The molecule has 40 heteroatoms. The van der Waals surface area contributed by atoms with Crippen LogP contribution in [0.15, 0.2) is 0 Å². The first-order valence-electron chi connectivity index (χ1n) is 36.2. The smallest absolute Gasteiger partial charge is 0.245 e. The fraction of sp³-hybridized carbons (Fsp3) is 0.954. The van der Waals surface area contributed by atoms with Crippen LogP contribution in [0.3, 0.4) is 0 Å². The Bertz CT molecular complexity index is 2600. The molecule has 3 amide bonds. The molecule has 23 N–H and O–H groups in total. The highest BCUT2D eigenvalue weighted by atomic mass is 16.8. The average Bonchev–Trinajstić information content (AvgIpc) is 0.786. The molecule has 610 valence electrons. The highest BCUT2D eigenvalue weighted by Crippen LogP contribution is 2.39. The molecule has 105 heavy (non-hydrogen) atoms. The minimum Gasteiger partial charge on any atom is -0.394 e. The summed E-state index contributed by atoms with van der Waals surface area (Å²) in [6.45, 7) is 0.574. The first-order valence-corrected chi connectivity index (χ1v) is 36.2. The first-order chi connectivity index (χ1) is 50.0. The van der Waals surface area contributed by atoms with Gasteiger partial charge in [0.2, 0.25) is 17.7 Å². The van der Waals surface area contributed by atoms with Gasteiger partial charge in [-0.25, -0.2) is 0 Å². The number of ether oxygens (including phenoxy) is 14. The molecular formula is C65H113N3O37. The molecule has 0 unspecified atom stereocenters. The molecule has 36 atom stereocenters. The van der Waals surface area contributed by atoms with Gasteiger partial charge in [0, 0.05) is 25.9 Å². The van der Waals surface area contributed by atoms with E-state index in [-0.39, 0.29) is 12.3 Å². The van der Waals surface area contributed by atoms with Crippen LogP contribution < -0.4 is 16.0 Å². The quantitative estimate of drug-likeness (QED) is 0.0358. The molecule has 21 aliphatic rings. The highest BCUT2D eigenvalue weighted by Gasteiger charge is 2.60. The summed E-state index contributed by atoms with van der Waals surface area (Å²) < 4.78 is 81.5. The number of carbonyl (C=O) groups excluding carboxylic acids is 3. The summed E-state index contributed by atoms with van der Waals surface area (Å²) in [5, 5.41) is 234. The molecule has 0 aromatic carbocycles. The van der Waals surface area contributed by atoms with E-state index in [1.54, 1.807) is 6.92 Å². The third kappa shape index (κ3) is 21.2. The Morgan fingerprint density at radius 3 is 0.819 bits per heavy atom. The fourth-order valence-electron chi connectivity index (χ4n) is 14.4. The summed E-state index contributed by atoms with van der Waals surface area (Å²) in [6.07, 6.45) is -62.5. The number of aliphatic hydroxyl groups is 20. The van der Waals surface area contributed by atoms with E-state index in [4.69, 9.17) is 66.3 Å². The molecule has 0 aromatic rings. The molecule has 21 fully saturated rings. The van der Waals surface area contributed by atoms with Gasteiger partial charge in [-0.3, -0.25) is 14.4 Å². The topological polar surface area (TPSA) is 621 Å². The Kier molecular flexibility index (Phi) is 33.8. The van der Waals surface area contributed by atoms with E-state index in [2.05, 4.69) is 22.9 Å². The van der Waals surface area contributed by atoms with Crippen molar-refractivity contribution in [3.63, 3.8) is 0 Å². The minimum atomic E-state index is -2.32. The number of carbonyl (C=O) groups is 3. The van der Waals surface area contributed by atoms with Crippen molar-refractivity contribution >= 4 is 17.7 Å². The summed E-state index contributed by atoms with van der Waals surface area (Å²) in [5.74, 6) is -2.02. The van der Waals surface area contributed by atoms with E-state index in [0.717, 1.165) is 32.1 Å². The lowest BCUT2D eigenvalue weighted by atomic mass is 9.89. The van der Waals surface area contributed by atoms with Gasteiger partial charge in [0.1, 0.15) is 176 Å². The van der Waals surface area contributed by atoms with Gasteiger partial charge in [0.15, 0.2) is 44.0 Å². The minimum absolute atomic E-state index is 0.0638. The summed E-state index contributed by atoms with van der Waals surface area (Å²) in [4.78, 5) is 41.1. The number of amides is 3. The molecule has 21 rings (SSSR count). The van der Waals surface area contributed by atoms with Gasteiger partial charge in [0.25, 0.3) is 0 Å². The maximum absolute atomic E-state index is 13.8. The summed E-state index contributed by atoms with van der Waals surface area (Å²) in [7, 11) is 0. The predicted octanol–water partition coefficient (Wildman–Crippen LogP) is -10.4. The van der Waals surface area contributed by atoms with Crippen LogP contribution >= 0.6 is 0 Å². The van der Waals surface area contributed by atoms with E-state index >= 15 is 0 Å². The van der Waals surface area contributed by atoms with Crippen molar-refractivity contribution in [2.24, 2.45) is 5.92 Å². The van der Waals surface area contributed by atoms with E-state index in [9.17, 15) is 117 Å². The number of rotatable bonds is 26. The average molecular weight is 1530 g/mol. The summed E-state index contributed by atoms with van der Waals surface area (Å²) >= 11 is 0. The molecule has 21 saturated heterocycles. The van der Waals surface area contributed by atoms with Crippen LogP contribution in [0.1, 0.15) is 111 Å². The Morgan fingerprint density at radius 2 is 0.562 bits per heavy atom. The third-order valence-corrected chi connectivity index (χ3v) is 20.2. The van der Waals surface area contributed by atoms with Gasteiger partial charge in [0.05, 0.1) is 39.6 Å². The zero-order valence-electron chi connectivity index (χ0n) is 59.0. The molecule has 0 aliphatic carbocycles. The van der Waals surface area contributed by atoms with Crippen molar-refractivity contribution in [1.29, 1.82) is 0 Å². The van der Waals surface area contributed by atoms with Crippen molar-refractivity contribution in [2.75, 3.05) is 52.7 Å². The van der Waals surface area contributed by atoms with E-state index in [1.807, 2.05) is 13.8 Å². The van der Waals surface area contributed by atoms with Crippen molar-refractivity contribution in [2.45, 2.75) is 332 Å². The monoisotopic (exact) mass is 1530 g/mol.